The molecular formula is C27H39N9O3. The van der Waals surface area contributed by atoms with Crippen molar-refractivity contribution in [3.63, 3.8) is 0 Å². The van der Waals surface area contributed by atoms with Crippen molar-refractivity contribution in [3.05, 3.63) is 29.6 Å². The highest BCUT2D eigenvalue weighted by Gasteiger charge is 2.66. The van der Waals surface area contributed by atoms with Crippen molar-refractivity contribution < 1.29 is 14.7 Å². The van der Waals surface area contributed by atoms with Crippen LogP contribution in [0.1, 0.15) is 61.0 Å². The van der Waals surface area contributed by atoms with Crippen LogP contribution in [0.15, 0.2) is 18.3 Å². The number of pyridine rings is 1. The first-order valence-electron chi connectivity index (χ1n) is 14.2. The molecule has 4 heterocycles. The van der Waals surface area contributed by atoms with E-state index in [0.717, 1.165) is 24.8 Å². The summed E-state index contributed by atoms with van der Waals surface area (Å²) in [5.74, 6) is 0.756. The summed E-state index contributed by atoms with van der Waals surface area (Å²) in [6.45, 7) is 2.29. The van der Waals surface area contributed by atoms with Gasteiger partial charge in [-0.3, -0.25) is 25.4 Å². The van der Waals surface area contributed by atoms with Crippen molar-refractivity contribution in [1.29, 1.82) is 10.8 Å². The second kappa shape index (κ2) is 9.96. The van der Waals surface area contributed by atoms with Gasteiger partial charge in [0.15, 0.2) is 17.6 Å². The lowest BCUT2D eigenvalue weighted by Gasteiger charge is -2.49. The van der Waals surface area contributed by atoms with Gasteiger partial charge in [-0.2, -0.15) is 0 Å². The Morgan fingerprint density at radius 2 is 1.95 bits per heavy atom. The minimum absolute atomic E-state index is 0.00150. The molecule has 0 bridgehead atoms. The fourth-order valence-electron chi connectivity index (χ4n) is 7.75. The highest BCUT2D eigenvalue weighted by atomic mass is 16.3. The molecule has 3 aliphatic heterocycles. The number of hydrogen-bond donors (Lipinski definition) is 8. The number of nitrogens with one attached hydrogen (secondary N) is 7. The van der Waals surface area contributed by atoms with Gasteiger partial charge in [0.1, 0.15) is 11.8 Å². The van der Waals surface area contributed by atoms with Gasteiger partial charge < -0.3 is 36.6 Å². The first-order valence-corrected chi connectivity index (χ1v) is 14.2. The van der Waals surface area contributed by atoms with Gasteiger partial charge in [0, 0.05) is 25.2 Å². The van der Waals surface area contributed by atoms with E-state index in [4.69, 9.17) is 10.8 Å². The average Bonchev–Trinajstić information content (AvgIpc) is 3.43. The summed E-state index contributed by atoms with van der Waals surface area (Å²) in [6, 6.07) is 1.84. The third kappa shape index (κ3) is 4.38. The molecule has 2 aliphatic carbocycles. The lowest BCUT2D eigenvalue weighted by atomic mass is 9.65. The van der Waals surface area contributed by atoms with Crippen molar-refractivity contribution in [2.24, 2.45) is 17.8 Å². The predicted molar refractivity (Wildman–Crippen MR) is 144 cm³/mol. The molecule has 1 aromatic rings. The number of carbonyl (C=O) groups excluding carboxylic acids is 2. The Kier molecular flexibility index (Phi) is 6.60. The first-order chi connectivity index (χ1) is 18.8. The summed E-state index contributed by atoms with van der Waals surface area (Å²) in [4.78, 5) is 32.1. The molecule has 2 amide bonds. The third-order valence-electron chi connectivity index (χ3n) is 9.62. The van der Waals surface area contributed by atoms with Crippen molar-refractivity contribution >= 4 is 23.7 Å². The quantitative estimate of drug-likeness (QED) is 0.258. The number of hydrogen-bond acceptors (Lipinski definition) is 6. The summed E-state index contributed by atoms with van der Waals surface area (Å²) < 4.78 is 0. The van der Waals surface area contributed by atoms with Gasteiger partial charge in [-0.1, -0.05) is 38.2 Å². The van der Waals surface area contributed by atoms with Crippen molar-refractivity contribution in [2.75, 3.05) is 13.1 Å². The number of guanidine groups is 2. The molecule has 12 heteroatoms. The second-order valence-corrected chi connectivity index (χ2v) is 11.9. The van der Waals surface area contributed by atoms with Crippen LogP contribution in [0.4, 0.5) is 0 Å². The highest BCUT2D eigenvalue weighted by Crippen LogP contribution is 2.44. The minimum atomic E-state index is -1.20. The average molecular weight is 538 g/mol. The smallest absolute Gasteiger partial charge is 0.269 e. The van der Waals surface area contributed by atoms with Crippen LogP contribution in [-0.4, -0.2) is 81.7 Å². The van der Waals surface area contributed by atoms with Gasteiger partial charge in [-0.15, -0.1) is 0 Å². The molecule has 0 radical (unpaired) electrons. The van der Waals surface area contributed by atoms with Gasteiger partial charge >= 0.3 is 0 Å². The zero-order chi connectivity index (χ0) is 27.3. The zero-order valence-electron chi connectivity index (χ0n) is 22.3. The molecule has 0 aromatic carbocycles. The van der Waals surface area contributed by atoms with Gasteiger partial charge in [0.25, 0.3) is 5.91 Å². The van der Waals surface area contributed by atoms with E-state index >= 15 is 0 Å². The Hall–Kier alpha value is -3.41. The number of aliphatic hydroxyl groups is 1. The van der Waals surface area contributed by atoms with Crippen LogP contribution in [0.5, 0.6) is 0 Å². The van der Waals surface area contributed by atoms with Crippen LogP contribution in [0, 0.1) is 35.5 Å². The Morgan fingerprint density at radius 1 is 1.15 bits per heavy atom. The van der Waals surface area contributed by atoms with E-state index in [2.05, 4.69) is 31.6 Å². The number of fused-ring (bicyclic) bond motifs is 1. The predicted octanol–water partition coefficient (Wildman–Crippen LogP) is -0.0133. The first kappa shape index (κ1) is 25.8. The van der Waals surface area contributed by atoms with Gasteiger partial charge in [0.2, 0.25) is 5.91 Å². The minimum Gasteiger partial charge on any atom is -0.386 e. The van der Waals surface area contributed by atoms with Crippen molar-refractivity contribution in [1.82, 2.24) is 36.5 Å². The molecule has 6 rings (SSSR count). The number of rotatable bonds is 5. The van der Waals surface area contributed by atoms with Crippen molar-refractivity contribution in [2.45, 2.75) is 81.8 Å². The highest BCUT2D eigenvalue weighted by molar-refractivity contribution is 5.92. The fraction of sp³-hybridized carbons (Fsp3) is 0.667. The fourth-order valence-corrected chi connectivity index (χ4v) is 7.75. The molecule has 210 valence electrons. The second-order valence-electron chi connectivity index (χ2n) is 11.9. The number of nitrogens with zero attached hydrogens (tertiary/aromatic N) is 2. The van der Waals surface area contributed by atoms with Crippen molar-refractivity contribution in [3.8, 4) is 0 Å². The monoisotopic (exact) mass is 537 g/mol. The van der Waals surface area contributed by atoms with Gasteiger partial charge in [-0.05, 0) is 43.2 Å². The number of aromatic nitrogens is 1. The molecule has 1 spiro atoms. The molecule has 39 heavy (non-hydrogen) atoms. The van der Waals surface area contributed by atoms with Crippen LogP contribution in [0.25, 0.3) is 0 Å². The SMILES string of the molecule is Cc1ccc(C(=O)NC[C@@H]2NC(=N)N3CC(NC(=O)C4CCCC5CCCCC54)[C@@H](O)[C@@]34NC(=N)N[C@@H]24)nc1. The van der Waals surface area contributed by atoms with E-state index < -0.39 is 29.9 Å². The van der Waals surface area contributed by atoms with Gasteiger partial charge in [0.05, 0.1) is 18.1 Å². The van der Waals surface area contributed by atoms with Crippen LogP contribution >= 0.6 is 0 Å². The van der Waals surface area contributed by atoms with E-state index in [1.54, 1.807) is 17.2 Å². The van der Waals surface area contributed by atoms with E-state index in [-0.39, 0.29) is 42.7 Å². The number of amides is 2. The lowest BCUT2D eigenvalue weighted by molar-refractivity contribution is -0.131. The maximum Gasteiger partial charge on any atom is 0.269 e. The van der Waals surface area contributed by atoms with Crippen LogP contribution in [-0.2, 0) is 4.79 Å². The van der Waals surface area contributed by atoms with Gasteiger partial charge in [-0.25, -0.2) is 0 Å². The van der Waals surface area contributed by atoms with E-state index in [9.17, 15) is 14.7 Å². The largest absolute Gasteiger partial charge is 0.386 e. The summed E-state index contributed by atoms with van der Waals surface area (Å²) in [5.41, 5.74) is 0.0451. The molecular weight excluding hydrogens is 498 g/mol. The molecule has 8 atom stereocenters. The van der Waals surface area contributed by atoms with E-state index in [1.165, 1.54) is 25.7 Å². The maximum absolute atomic E-state index is 13.6. The van der Waals surface area contributed by atoms with E-state index in [1.807, 2.05) is 13.0 Å². The molecule has 12 nitrogen and oxygen atoms in total. The lowest BCUT2D eigenvalue weighted by Crippen LogP contribution is -2.78. The van der Waals surface area contributed by atoms with Crippen LogP contribution < -0.4 is 26.6 Å². The van der Waals surface area contributed by atoms with Crippen LogP contribution in [0.2, 0.25) is 0 Å². The molecule has 4 unspecified atom stereocenters. The molecule has 8 N–H and O–H groups in total. The number of aryl methyl sites for hydroxylation is 1. The molecule has 5 fully saturated rings. The zero-order valence-corrected chi connectivity index (χ0v) is 22.3. The summed E-state index contributed by atoms with van der Waals surface area (Å²) in [5, 5.41) is 44.1. The standard InChI is InChI=1S/C27H39N9O3/c1-14-9-10-18(30-11-14)24(39)31-12-19-21-27(35-25(28)34-21)22(37)20(13-36(27)26(29)33-19)32-23(38)17-8-4-6-15-5-2-3-7-16(15)17/h9-11,15-17,19-22,37H,2-8,12-13H2,1H3,(H2,29,33)(H,31,39)(H,32,38)(H3,28,34,35)/t15?,16?,17?,19-,20?,21-,22+,27-/m0/s1. The Balaban J connectivity index is 1.17. The maximum atomic E-state index is 13.6. The summed E-state index contributed by atoms with van der Waals surface area (Å²) in [7, 11) is 0. The topological polar surface area (TPSA) is 178 Å². The number of carbonyl (C=O) groups is 2. The van der Waals surface area contributed by atoms with Crippen LogP contribution in [0.3, 0.4) is 0 Å². The Labute approximate surface area is 228 Å². The molecule has 1 aromatic heterocycles. The third-order valence-corrected chi connectivity index (χ3v) is 9.62. The Morgan fingerprint density at radius 3 is 2.74 bits per heavy atom. The van der Waals surface area contributed by atoms with E-state index in [0.29, 0.717) is 17.5 Å². The Bertz CT molecular complexity index is 1160. The summed E-state index contributed by atoms with van der Waals surface area (Å²) >= 11 is 0. The normalized spacial score (nSPS) is 37.0. The molecule has 2 saturated carbocycles. The molecule has 3 saturated heterocycles. The number of aliphatic hydroxyl groups excluding tert-OH is 1. The summed E-state index contributed by atoms with van der Waals surface area (Å²) in [6.07, 6.45) is 8.43. The molecule has 5 aliphatic rings.